The summed E-state index contributed by atoms with van der Waals surface area (Å²) in [5, 5.41) is 4.10. The summed E-state index contributed by atoms with van der Waals surface area (Å²) in [6.45, 7) is 2.82. The van der Waals surface area contributed by atoms with Gasteiger partial charge in [0.15, 0.2) is 0 Å². The van der Waals surface area contributed by atoms with Crippen LogP contribution in [0.5, 0.6) is 5.75 Å². The monoisotopic (exact) mass is 276 g/mol. The number of benzene rings is 1. The van der Waals surface area contributed by atoms with Gasteiger partial charge in [-0.25, -0.2) is 0 Å². The highest BCUT2D eigenvalue weighted by Crippen LogP contribution is 2.30. The fourth-order valence-corrected chi connectivity index (χ4v) is 2.01. The molecule has 0 amide bonds. The summed E-state index contributed by atoms with van der Waals surface area (Å²) in [5.41, 5.74) is 3.26. The first-order valence-electron chi connectivity index (χ1n) is 6.17. The molecule has 1 aromatic carbocycles. The van der Waals surface area contributed by atoms with E-state index < -0.39 is 0 Å². The predicted octanol–water partition coefficient (Wildman–Crippen LogP) is 3.71. The summed E-state index contributed by atoms with van der Waals surface area (Å²) in [7, 11) is 1.65. The number of anilines is 1. The second-order valence-corrected chi connectivity index (χ2v) is 4.74. The van der Waals surface area contributed by atoms with Crippen LogP contribution in [0.15, 0.2) is 36.7 Å². The van der Waals surface area contributed by atoms with Gasteiger partial charge < -0.3 is 10.1 Å². The van der Waals surface area contributed by atoms with Gasteiger partial charge in [0.05, 0.1) is 12.8 Å². The fourth-order valence-electron chi connectivity index (χ4n) is 1.86. The highest BCUT2D eigenvalue weighted by Gasteiger charge is 2.06. The number of hydrogen-bond acceptors (Lipinski definition) is 3. The fraction of sp³-hybridized carbons (Fsp3) is 0.267. The zero-order valence-electron chi connectivity index (χ0n) is 11.1. The molecule has 100 valence electrons. The number of nitrogens with one attached hydrogen (secondary N) is 1. The number of rotatable bonds is 5. The lowest BCUT2D eigenvalue weighted by atomic mass is 10.1. The summed E-state index contributed by atoms with van der Waals surface area (Å²) in [6.07, 6.45) is 4.55. The second-order valence-electron chi connectivity index (χ2n) is 4.33. The molecule has 0 aliphatic rings. The van der Waals surface area contributed by atoms with Crippen molar-refractivity contribution in [2.45, 2.75) is 13.3 Å². The molecule has 0 saturated heterocycles. The highest BCUT2D eigenvalue weighted by atomic mass is 35.5. The first kappa shape index (κ1) is 13.7. The Hall–Kier alpha value is -1.74. The van der Waals surface area contributed by atoms with E-state index >= 15 is 0 Å². The minimum atomic E-state index is 0.719. The molecule has 2 rings (SSSR count). The average molecular weight is 277 g/mol. The van der Waals surface area contributed by atoms with Gasteiger partial charge in [0.1, 0.15) is 5.75 Å². The largest absolute Gasteiger partial charge is 0.495 e. The van der Waals surface area contributed by atoms with E-state index in [0.717, 1.165) is 35.0 Å². The van der Waals surface area contributed by atoms with Crippen LogP contribution < -0.4 is 10.1 Å². The van der Waals surface area contributed by atoms with Crippen LogP contribution in [0.3, 0.4) is 0 Å². The average Bonchev–Trinajstić information content (AvgIpc) is 2.43. The molecule has 1 aromatic heterocycles. The number of halogens is 1. The van der Waals surface area contributed by atoms with Crippen molar-refractivity contribution in [3.05, 3.63) is 52.8 Å². The van der Waals surface area contributed by atoms with Gasteiger partial charge in [-0.1, -0.05) is 11.6 Å². The smallest absolute Gasteiger partial charge is 0.143 e. The van der Waals surface area contributed by atoms with Gasteiger partial charge in [-0.15, -0.1) is 0 Å². The lowest BCUT2D eigenvalue weighted by Crippen LogP contribution is -2.06. The number of nitrogens with zero attached hydrogens (tertiary/aromatic N) is 1. The van der Waals surface area contributed by atoms with Gasteiger partial charge in [-0.3, -0.25) is 4.98 Å². The number of aryl methyl sites for hydroxylation is 1. The van der Waals surface area contributed by atoms with Crippen molar-refractivity contribution in [2.75, 3.05) is 19.0 Å². The Labute approximate surface area is 118 Å². The van der Waals surface area contributed by atoms with E-state index in [9.17, 15) is 0 Å². The Bertz CT molecular complexity index is 543. The van der Waals surface area contributed by atoms with Gasteiger partial charge in [0.25, 0.3) is 0 Å². The lowest BCUT2D eigenvalue weighted by Gasteiger charge is -2.13. The molecular weight excluding hydrogens is 260 g/mol. The zero-order chi connectivity index (χ0) is 13.7. The molecule has 0 saturated carbocycles. The molecule has 3 nitrogen and oxygen atoms in total. The van der Waals surface area contributed by atoms with E-state index in [-0.39, 0.29) is 0 Å². The summed E-state index contributed by atoms with van der Waals surface area (Å²) < 4.78 is 5.33. The molecule has 0 fully saturated rings. The molecule has 1 N–H and O–H groups in total. The number of ether oxygens (including phenoxy) is 1. The van der Waals surface area contributed by atoms with Crippen molar-refractivity contribution >= 4 is 17.3 Å². The third kappa shape index (κ3) is 3.61. The Morgan fingerprint density at radius 1 is 1.26 bits per heavy atom. The summed E-state index contributed by atoms with van der Waals surface area (Å²) in [5.74, 6) is 0.769. The second kappa shape index (κ2) is 6.43. The van der Waals surface area contributed by atoms with Gasteiger partial charge in [-0.05, 0) is 42.7 Å². The van der Waals surface area contributed by atoms with Crippen molar-refractivity contribution in [3.63, 3.8) is 0 Å². The van der Waals surface area contributed by atoms with E-state index in [4.69, 9.17) is 16.3 Å². The van der Waals surface area contributed by atoms with E-state index in [1.54, 1.807) is 7.11 Å². The minimum absolute atomic E-state index is 0.719. The summed E-state index contributed by atoms with van der Waals surface area (Å²) >= 11 is 6.08. The van der Waals surface area contributed by atoms with Crippen LogP contribution in [-0.2, 0) is 6.42 Å². The van der Waals surface area contributed by atoms with E-state index in [1.165, 1.54) is 5.56 Å². The van der Waals surface area contributed by atoms with Crippen molar-refractivity contribution in [2.24, 2.45) is 0 Å². The van der Waals surface area contributed by atoms with Crippen LogP contribution in [-0.4, -0.2) is 18.6 Å². The Kier molecular flexibility index (Phi) is 4.63. The molecule has 0 radical (unpaired) electrons. The van der Waals surface area contributed by atoms with E-state index in [1.807, 2.05) is 43.6 Å². The van der Waals surface area contributed by atoms with Crippen LogP contribution >= 0.6 is 11.6 Å². The maximum Gasteiger partial charge on any atom is 0.143 e. The number of hydrogen-bond donors (Lipinski definition) is 1. The van der Waals surface area contributed by atoms with Crippen molar-refractivity contribution in [3.8, 4) is 5.75 Å². The molecule has 1 heterocycles. The van der Waals surface area contributed by atoms with Gasteiger partial charge >= 0.3 is 0 Å². The molecule has 0 aliphatic heterocycles. The number of aromatic nitrogens is 1. The highest BCUT2D eigenvalue weighted by molar-refractivity contribution is 6.31. The summed E-state index contributed by atoms with van der Waals surface area (Å²) in [4.78, 5) is 4.01. The molecular formula is C15H17ClN2O. The van der Waals surface area contributed by atoms with Crippen LogP contribution in [0, 0.1) is 6.92 Å². The molecule has 0 bridgehead atoms. The van der Waals surface area contributed by atoms with Gasteiger partial charge in [0.2, 0.25) is 0 Å². The number of methoxy groups -OCH3 is 1. The van der Waals surface area contributed by atoms with E-state index in [2.05, 4.69) is 10.3 Å². The van der Waals surface area contributed by atoms with Crippen molar-refractivity contribution < 1.29 is 4.74 Å². The SMILES string of the molecule is COc1cc(Cl)c(C)cc1NCCc1ccncc1. The first-order valence-corrected chi connectivity index (χ1v) is 6.55. The Morgan fingerprint density at radius 3 is 2.68 bits per heavy atom. The Balaban J connectivity index is 2.01. The quantitative estimate of drug-likeness (QED) is 0.904. The third-order valence-corrected chi connectivity index (χ3v) is 3.37. The maximum atomic E-state index is 6.08. The molecule has 2 aromatic rings. The van der Waals surface area contributed by atoms with E-state index in [0.29, 0.717) is 0 Å². The van der Waals surface area contributed by atoms with Crippen LogP contribution in [0.4, 0.5) is 5.69 Å². The molecule has 0 spiro atoms. The standard InChI is InChI=1S/C15H17ClN2O/c1-11-9-14(15(19-2)10-13(11)16)18-8-5-12-3-6-17-7-4-12/h3-4,6-7,9-10,18H,5,8H2,1-2H3. The first-order chi connectivity index (χ1) is 9.20. The normalized spacial score (nSPS) is 10.3. The molecule has 0 atom stereocenters. The maximum absolute atomic E-state index is 6.08. The lowest BCUT2D eigenvalue weighted by molar-refractivity contribution is 0.416. The van der Waals surface area contributed by atoms with Crippen molar-refractivity contribution in [1.82, 2.24) is 4.98 Å². The molecule has 0 unspecified atom stereocenters. The van der Waals surface area contributed by atoms with Crippen LogP contribution in [0.25, 0.3) is 0 Å². The number of pyridine rings is 1. The molecule has 19 heavy (non-hydrogen) atoms. The summed E-state index contributed by atoms with van der Waals surface area (Å²) in [6, 6.07) is 7.89. The third-order valence-electron chi connectivity index (χ3n) is 2.96. The molecule has 4 heteroatoms. The van der Waals surface area contributed by atoms with Crippen LogP contribution in [0.1, 0.15) is 11.1 Å². The minimum Gasteiger partial charge on any atom is -0.495 e. The topological polar surface area (TPSA) is 34.1 Å². The van der Waals surface area contributed by atoms with Crippen LogP contribution in [0.2, 0.25) is 5.02 Å². The predicted molar refractivity (Wildman–Crippen MR) is 79.2 cm³/mol. The van der Waals surface area contributed by atoms with Gasteiger partial charge in [0, 0.05) is 30.0 Å². The zero-order valence-corrected chi connectivity index (χ0v) is 11.9. The molecule has 0 aliphatic carbocycles. The van der Waals surface area contributed by atoms with Gasteiger partial charge in [-0.2, -0.15) is 0 Å². The van der Waals surface area contributed by atoms with Crippen molar-refractivity contribution in [1.29, 1.82) is 0 Å². The Morgan fingerprint density at radius 2 is 2.00 bits per heavy atom.